The van der Waals surface area contributed by atoms with Crippen LogP contribution >= 0.6 is 11.6 Å². The van der Waals surface area contributed by atoms with Crippen molar-refractivity contribution in [3.63, 3.8) is 0 Å². The van der Waals surface area contributed by atoms with E-state index in [2.05, 4.69) is 26.3 Å². The Morgan fingerprint density at radius 2 is 1.88 bits per heavy atom. The van der Waals surface area contributed by atoms with Crippen LogP contribution in [0.4, 0.5) is 11.4 Å². The van der Waals surface area contributed by atoms with Gasteiger partial charge in [0.1, 0.15) is 0 Å². The number of piperidine rings is 1. The number of aryl methyl sites for hydroxylation is 1. The number of benzene rings is 2. The smallest absolute Gasteiger partial charge is 0.224 e. The number of rotatable bonds is 6. The number of aromatic nitrogens is 2. The van der Waals surface area contributed by atoms with Crippen LogP contribution in [0.25, 0.3) is 22.1 Å². The lowest BCUT2D eigenvalue weighted by Crippen LogP contribution is -2.29. The first-order valence-electron chi connectivity index (χ1n) is 11.3. The van der Waals surface area contributed by atoms with E-state index in [-0.39, 0.29) is 12.3 Å². The molecule has 1 aliphatic heterocycles. The Balaban J connectivity index is 1.28. The van der Waals surface area contributed by atoms with Crippen LogP contribution in [0.15, 0.2) is 65.5 Å². The molecule has 1 N–H and O–H groups in total. The topological polar surface area (TPSA) is 71.3 Å². The summed E-state index contributed by atoms with van der Waals surface area (Å²) >= 11 is 6.23. The summed E-state index contributed by atoms with van der Waals surface area (Å²) in [6.07, 6.45) is 9.65. The van der Waals surface area contributed by atoms with Crippen LogP contribution in [0.2, 0.25) is 5.02 Å². The van der Waals surface area contributed by atoms with E-state index in [9.17, 15) is 4.79 Å². The second kappa shape index (κ2) is 9.63. The van der Waals surface area contributed by atoms with Crippen molar-refractivity contribution >= 4 is 39.7 Å². The van der Waals surface area contributed by atoms with Crippen LogP contribution in [0.3, 0.4) is 0 Å². The van der Waals surface area contributed by atoms with E-state index >= 15 is 0 Å². The summed E-state index contributed by atoms with van der Waals surface area (Å²) in [5.74, 6) is 1.01. The van der Waals surface area contributed by atoms with Crippen LogP contribution in [0.5, 0.6) is 0 Å². The number of halogens is 1. The van der Waals surface area contributed by atoms with E-state index < -0.39 is 0 Å². The molecule has 0 radical (unpaired) electrons. The second-order valence-corrected chi connectivity index (χ2v) is 8.65. The SMILES string of the molecule is O=C(CCc1ncc(-c2ccccc2Cl)o1)Nc1ccc(N2CCCCC2)c2ccncc12. The molecule has 168 valence electrons. The first-order chi connectivity index (χ1) is 16.2. The molecule has 0 spiro atoms. The minimum Gasteiger partial charge on any atom is -0.441 e. The number of carbonyl (C=O) groups excluding carboxylic acids is 1. The first-order valence-corrected chi connectivity index (χ1v) is 11.7. The van der Waals surface area contributed by atoms with Crippen molar-refractivity contribution in [1.29, 1.82) is 0 Å². The second-order valence-electron chi connectivity index (χ2n) is 8.25. The lowest BCUT2D eigenvalue weighted by atomic mass is 10.0. The monoisotopic (exact) mass is 460 g/mol. The summed E-state index contributed by atoms with van der Waals surface area (Å²) in [5.41, 5.74) is 2.76. The van der Waals surface area contributed by atoms with E-state index in [4.69, 9.17) is 16.0 Å². The van der Waals surface area contributed by atoms with Gasteiger partial charge in [-0.3, -0.25) is 9.78 Å². The van der Waals surface area contributed by atoms with Gasteiger partial charge in [0.05, 0.1) is 16.9 Å². The van der Waals surface area contributed by atoms with Gasteiger partial charge < -0.3 is 14.6 Å². The number of nitrogens with one attached hydrogen (secondary N) is 1. The zero-order valence-corrected chi connectivity index (χ0v) is 19.0. The highest BCUT2D eigenvalue weighted by atomic mass is 35.5. The molecule has 0 saturated carbocycles. The van der Waals surface area contributed by atoms with Gasteiger partial charge in [-0.25, -0.2) is 4.98 Å². The summed E-state index contributed by atoms with van der Waals surface area (Å²) in [7, 11) is 0. The number of hydrogen-bond donors (Lipinski definition) is 1. The molecule has 1 aliphatic rings. The number of oxazole rings is 1. The molecular formula is C26H25ClN4O2. The number of hydrogen-bond acceptors (Lipinski definition) is 5. The standard InChI is InChI=1S/C26H25ClN4O2/c27-21-7-3-2-6-19(21)24-17-29-26(33-24)11-10-25(32)30-22-8-9-23(31-14-4-1-5-15-31)18-12-13-28-16-20(18)22/h2-3,6-9,12-13,16-17H,1,4-5,10-11,14-15H2,(H,30,32). The van der Waals surface area contributed by atoms with E-state index in [0.717, 1.165) is 35.1 Å². The maximum absolute atomic E-state index is 12.7. The van der Waals surface area contributed by atoms with Crippen molar-refractivity contribution in [1.82, 2.24) is 9.97 Å². The molecule has 0 atom stereocenters. The van der Waals surface area contributed by atoms with Crippen LogP contribution < -0.4 is 10.2 Å². The maximum Gasteiger partial charge on any atom is 0.224 e. The molecule has 5 rings (SSSR count). The molecule has 2 aromatic carbocycles. The average Bonchev–Trinajstić information content (AvgIpc) is 3.33. The predicted molar refractivity (Wildman–Crippen MR) is 132 cm³/mol. The lowest BCUT2D eigenvalue weighted by molar-refractivity contribution is -0.116. The molecule has 6 nitrogen and oxygen atoms in total. The molecule has 0 aliphatic carbocycles. The fourth-order valence-corrected chi connectivity index (χ4v) is 4.57. The lowest BCUT2D eigenvalue weighted by Gasteiger charge is -2.30. The third-order valence-electron chi connectivity index (χ3n) is 6.02. The van der Waals surface area contributed by atoms with Crippen molar-refractivity contribution in [2.75, 3.05) is 23.3 Å². The van der Waals surface area contributed by atoms with Crippen LogP contribution in [0, 0.1) is 0 Å². The summed E-state index contributed by atoms with van der Waals surface area (Å²) in [4.78, 5) is 23.7. The molecule has 3 heterocycles. The summed E-state index contributed by atoms with van der Waals surface area (Å²) < 4.78 is 5.81. The zero-order valence-electron chi connectivity index (χ0n) is 18.3. The minimum absolute atomic E-state index is 0.0941. The zero-order chi connectivity index (χ0) is 22.6. The van der Waals surface area contributed by atoms with Crippen molar-refractivity contribution in [3.05, 3.63) is 72.0 Å². The molecule has 0 bridgehead atoms. The quantitative estimate of drug-likeness (QED) is 0.376. The fourth-order valence-electron chi connectivity index (χ4n) is 4.34. The molecule has 4 aromatic rings. The molecule has 33 heavy (non-hydrogen) atoms. The number of carbonyl (C=O) groups is 1. The van der Waals surface area contributed by atoms with Gasteiger partial charge in [0, 0.05) is 60.3 Å². The Labute approximate surface area is 197 Å². The third kappa shape index (κ3) is 4.71. The average molecular weight is 461 g/mol. The number of pyridine rings is 1. The van der Waals surface area contributed by atoms with Crippen molar-refractivity contribution < 1.29 is 9.21 Å². The van der Waals surface area contributed by atoms with E-state index in [1.807, 2.05) is 42.6 Å². The number of fused-ring (bicyclic) bond motifs is 1. The van der Waals surface area contributed by atoms with Crippen molar-refractivity contribution in [2.45, 2.75) is 32.1 Å². The van der Waals surface area contributed by atoms with Crippen LogP contribution in [-0.4, -0.2) is 29.0 Å². The molecular weight excluding hydrogens is 436 g/mol. The molecule has 2 aromatic heterocycles. The summed E-state index contributed by atoms with van der Waals surface area (Å²) in [6, 6.07) is 13.6. The number of anilines is 2. The van der Waals surface area contributed by atoms with E-state index in [1.54, 1.807) is 12.4 Å². The summed E-state index contributed by atoms with van der Waals surface area (Å²) in [6.45, 7) is 2.13. The Kier molecular flexibility index (Phi) is 6.26. The Morgan fingerprint density at radius 1 is 1.03 bits per heavy atom. The van der Waals surface area contributed by atoms with Crippen molar-refractivity contribution in [2.24, 2.45) is 0 Å². The molecule has 1 fully saturated rings. The van der Waals surface area contributed by atoms with Gasteiger partial charge in [-0.1, -0.05) is 23.7 Å². The Hall–Kier alpha value is -3.38. The Morgan fingerprint density at radius 3 is 2.73 bits per heavy atom. The predicted octanol–water partition coefficient (Wildman–Crippen LogP) is 6.10. The largest absolute Gasteiger partial charge is 0.441 e. The Bertz CT molecular complexity index is 1280. The fraction of sp³-hybridized carbons (Fsp3) is 0.269. The van der Waals surface area contributed by atoms with Gasteiger partial charge in [0.25, 0.3) is 0 Å². The first kappa shape index (κ1) is 21.5. The van der Waals surface area contributed by atoms with Gasteiger partial charge in [-0.15, -0.1) is 0 Å². The third-order valence-corrected chi connectivity index (χ3v) is 6.35. The molecule has 1 amide bonds. The molecule has 1 saturated heterocycles. The van der Waals surface area contributed by atoms with Crippen LogP contribution in [-0.2, 0) is 11.2 Å². The maximum atomic E-state index is 12.7. The van der Waals surface area contributed by atoms with Gasteiger partial charge in [-0.2, -0.15) is 0 Å². The van der Waals surface area contributed by atoms with E-state index in [1.165, 1.54) is 24.9 Å². The highest BCUT2D eigenvalue weighted by molar-refractivity contribution is 6.33. The van der Waals surface area contributed by atoms with Gasteiger partial charge in [0.2, 0.25) is 5.91 Å². The number of nitrogens with zero attached hydrogens (tertiary/aromatic N) is 3. The highest BCUT2D eigenvalue weighted by Gasteiger charge is 2.16. The molecule has 7 heteroatoms. The normalized spacial score (nSPS) is 13.9. The highest BCUT2D eigenvalue weighted by Crippen LogP contribution is 2.33. The van der Waals surface area contributed by atoms with E-state index in [0.29, 0.717) is 23.1 Å². The van der Waals surface area contributed by atoms with Gasteiger partial charge in [-0.05, 0) is 49.6 Å². The van der Waals surface area contributed by atoms with Gasteiger partial charge >= 0.3 is 0 Å². The van der Waals surface area contributed by atoms with Gasteiger partial charge in [0.15, 0.2) is 11.7 Å². The van der Waals surface area contributed by atoms with Crippen LogP contribution in [0.1, 0.15) is 31.6 Å². The molecule has 0 unspecified atom stereocenters. The number of amides is 1. The minimum atomic E-state index is -0.0941. The van der Waals surface area contributed by atoms with Crippen molar-refractivity contribution in [3.8, 4) is 11.3 Å². The summed E-state index contributed by atoms with van der Waals surface area (Å²) in [5, 5.41) is 5.71.